The zero-order valence-corrected chi connectivity index (χ0v) is 20.0. The van der Waals surface area contributed by atoms with E-state index in [1.165, 1.54) is 0 Å². The molecule has 0 aliphatic rings. The highest BCUT2D eigenvalue weighted by Crippen LogP contribution is 2.33. The maximum atomic E-state index is 12.9. The van der Waals surface area contributed by atoms with Gasteiger partial charge in [0.25, 0.3) is 5.91 Å². The zero-order chi connectivity index (χ0) is 24.0. The van der Waals surface area contributed by atoms with Gasteiger partial charge in [0.1, 0.15) is 18.1 Å². The van der Waals surface area contributed by atoms with Crippen LogP contribution in [0.15, 0.2) is 60.7 Å². The number of anilines is 1. The Bertz CT molecular complexity index is 1120. The molecule has 174 valence electrons. The van der Waals surface area contributed by atoms with Crippen LogP contribution >= 0.6 is 0 Å². The van der Waals surface area contributed by atoms with Crippen molar-refractivity contribution >= 4 is 11.6 Å². The lowest BCUT2D eigenvalue weighted by Gasteiger charge is -2.23. The van der Waals surface area contributed by atoms with Gasteiger partial charge in [0.2, 0.25) is 0 Å². The van der Waals surface area contributed by atoms with Gasteiger partial charge in [-0.25, -0.2) is 0 Å². The molecule has 0 heterocycles. The van der Waals surface area contributed by atoms with Gasteiger partial charge in [-0.2, -0.15) is 0 Å². The Kier molecular flexibility index (Phi) is 7.48. The number of rotatable bonds is 8. The molecule has 0 spiro atoms. The average Bonchev–Trinajstić information content (AvgIpc) is 2.81. The molecule has 0 radical (unpaired) electrons. The van der Waals surface area contributed by atoms with Gasteiger partial charge in [-0.3, -0.25) is 4.79 Å². The Labute approximate surface area is 195 Å². The van der Waals surface area contributed by atoms with Gasteiger partial charge in [0.15, 0.2) is 11.5 Å². The molecule has 0 saturated heterocycles. The standard InChI is InChI=1S/C27H31NO5/c1-27(2,3)21-9-7-8-10-23(21)33-17-19-15-18(11-13-22(19)30-4)26(29)28-20-12-14-24(31-5)25(16-20)32-6/h7-16H,17H2,1-6H3,(H,28,29). The molecule has 0 aromatic heterocycles. The van der Waals surface area contributed by atoms with Crippen LogP contribution in [0.25, 0.3) is 0 Å². The summed E-state index contributed by atoms with van der Waals surface area (Å²) in [6, 6.07) is 18.5. The molecule has 33 heavy (non-hydrogen) atoms. The smallest absolute Gasteiger partial charge is 0.255 e. The van der Waals surface area contributed by atoms with E-state index in [9.17, 15) is 4.79 Å². The predicted molar refractivity (Wildman–Crippen MR) is 130 cm³/mol. The van der Waals surface area contributed by atoms with Crippen molar-refractivity contribution in [3.05, 3.63) is 77.4 Å². The summed E-state index contributed by atoms with van der Waals surface area (Å²) < 4.78 is 22.2. The first-order valence-electron chi connectivity index (χ1n) is 10.7. The molecule has 3 aromatic rings. The first-order chi connectivity index (χ1) is 15.8. The zero-order valence-electron chi connectivity index (χ0n) is 20.0. The Hall–Kier alpha value is -3.67. The summed E-state index contributed by atoms with van der Waals surface area (Å²) in [6.45, 7) is 6.71. The number of carbonyl (C=O) groups is 1. The number of amides is 1. The molecule has 0 fully saturated rings. The van der Waals surface area contributed by atoms with E-state index in [0.717, 1.165) is 16.9 Å². The molecular weight excluding hydrogens is 418 g/mol. The molecular formula is C27H31NO5. The number of hydrogen-bond acceptors (Lipinski definition) is 5. The van der Waals surface area contributed by atoms with Crippen molar-refractivity contribution in [1.82, 2.24) is 0 Å². The van der Waals surface area contributed by atoms with Crippen LogP contribution in [0.2, 0.25) is 0 Å². The van der Waals surface area contributed by atoms with Crippen LogP contribution in [-0.2, 0) is 12.0 Å². The molecule has 6 nitrogen and oxygen atoms in total. The van der Waals surface area contributed by atoms with Crippen molar-refractivity contribution in [2.75, 3.05) is 26.6 Å². The van der Waals surface area contributed by atoms with Crippen molar-refractivity contribution < 1.29 is 23.7 Å². The quantitative estimate of drug-likeness (QED) is 0.468. The number of methoxy groups -OCH3 is 3. The number of benzene rings is 3. The number of carbonyl (C=O) groups excluding carboxylic acids is 1. The van der Waals surface area contributed by atoms with Crippen molar-refractivity contribution in [3.63, 3.8) is 0 Å². The molecule has 1 N–H and O–H groups in total. The van der Waals surface area contributed by atoms with Crippen LogP contribution in [0.4, 0.5) is 5.69 Å². The summed E-state index contributed by atoms with van der Waals surface area (Å²) in [5.74, 6) is 2.35. The number of nitrogens with one attached hydrogen (secondary N) is 1. The lowest BCUT2D eigenvalue weighted by Crippen LogP contribution is -2.14. The molecule has 0 bridgehead atoms. The highest BCUT2D eigenvalue weighted by molar-refractivity contribution is 6.04. The summed E-state index contributed by atoms with van der Waals surface area (Å²) >= 11 is 0. The summed E-state index contributed by atoms with van der Waals surface area (Å²) in [7, 11) is 4.72. The minimum absolute atomic E-state index is 0.0537. The van der Waals surface area contributed by atoms with Crippen LogP contribution in [0.1, 0.15) is 42.3 Å². The van der Waals surface area contributed by atoms with E-state index in [1.54, 1.807) is 57.7 Å². The van der Waals surface area contributed by atoms with E-state index < -0.39 is 0 Å². The minimum Gasteiger partial charge on any atom is -0.496 e. The van der Waals surface area contributed by atoms with E-state index in [0.29, 0.717) is 28.5 Å². The second-order valence-electron chi connectivity index (χ2n) is 8.59. The number of para-hydroxylation sites is 1. The van der Waals surface area contributed by atoms with Gasteiger partial charge < -0.3 is 24.3 Å². The lowest BCUT2D eigenvalue weighted by molar-refractivity contribution is 0.102. The van der Waals surface area contributed by atoms with Gasteiger partial charge in [0.05, 0.1) is 21.3 Å². The first kappa shape index (κ1) is 24.0. The number of ether oxygens (including phenoxy) is 4. The Morgan fingerprint density at radius 3 is 2.12 bits per heavy atom. The molecule has 1 amide bonds. The van der Waals surface area contributed by atoms with Crippen LogP contribution in [0.3, 0.4) is 0 Å². The van der Waals surface area contributed by atoms with Crippen molar-refractivity contribution in [3.8, 4) is 23.0 Å². The van der Waals surface area contributed by atoms with Crippen LogP contribution in [0, 0.1) is 0 Å². The largest absolute Gasteiger partial charge is 0.496 e. The maximum absolute atomic E-state index is 12.9. The normalized spacial score (nSPS) is 11.0. The monoisotopic (exact) mass is 449 g/mol. The van der Waals surface area contributed by atoms with E-state index in [4.69, 9.17) is 18.9 Å². The third-order valence-electron chi connectivity index (χ3n) is 5.26. The molecule has 3 rings (SSSR count). The van der Waals surface area contributed by atoms with Gasteiger partial charge in [0, 0.05) is 22.9 Å². The molecule has 0 atom stereocenters. The van der Waals surface area contributed by atoms with E-state index in [-0.39, 0.29) is 17.9 Å². The lowest BCUT2D eigenvalue weighted by atomic mass is 9.86. The van der Waals surface area contributed by atoms with E-state index in [1.807, 2.05) is 18.2 Å². The van der Waals surface area contributed by atoms with E-state index in [2.05, 4.69) is 32.2 Å². The third-order valence-corrected chi connectivity index (χ3v) is 5.26. The summed E-state index contributed by atoms with van der Waals surface area (Å²) in [6.07, 6.45) is 0. The fourth-order valence-electron chi connectivity index (χ4n) is 3.52. The van der Waals surface area contributed by atoms with Gasteiger partial charge in [-0.1, -0.05) is 39.0 Å². The fraction of sp³-hybridized carbons (Fsp3) is 0.296. The van der Waals surface area contributed by atoms with Gasteiger partial charge in [-0.15, -0.1) is 0 Å². The summed E-state index contributed by atoms with van der Waals surface area (Å²) in [5.41, 5.74) is 2.94. The summed E-state index contributed by atoms with van der Waals surface area (Å²) in [4.78, 5) is 12.9. The topological polar surface area (TPSA) is 66.0 Å². The Morgan fingerprint density at radius 2 is 1.45 bits per heavy atom. The highest BCUT2D eigenvalue weighted by atomic mass is 16.5. The molecule has 0 aliphatic carbocycles. The first-order valence-corrected chi connectivity index (χ1v) is 10.7. The van der Waals surface area contributed by atoms with Crippen molar-refractivity contribution in [2.24, 2.45) is 0 Å². The molecule has 3 aromatic carbocycles. The Morgan fingerprint density at radius 1 is 0.788 bits per heavy atom. The average molecular weight is 450 g/mol. The fourth-order valence-corrected chi connectivity index (χ4v) is 3.52. The van der Waals surface area contributed by atoms with E-state index >= 15 is 0 Å². The van der Waals surface area contributed by atoms with Crippen molar-refractivity contribution in [1.29, 1.82) is 0 Å². The summed E-state index contributed by atoms with van der Waals surface area (Å²) in [5, 5.41) is 2.90. The molecule has 0 unspecified atom stereocenters. The van der Waals surface area contributed by atoms with Gasteiger partial charge in [-0.05, 0) is 47.4 Å². The highest BCUT2D eigenvalue weighted by Gasteiger charge is 2.19. The Balaban J connectivity index is 1.81. The third kappa shape index (κ3) is 5.77. The van der Waals surface area contributed by atoms with Crippen LogP contribution < -0.4 is 24.3 Å². The van der Waals surface area contributed by atoms with Crippen LogP contribution in [-0.4, -0.2) is 27.2 Å². The maximum Gasteiger partial charge on any atom is 0.255 e. The van der Waals surface area contributed by atoms with Crippen LogP contribution in [0.5, 0.6) is 23.0 Å². The molecule has 0 aliphatic heterocycles. The second-order valence-corrected chi connectivity index (χ2v) is 8.59. The van der Waals surface area contributed by atoms with Gasteiger partial charge >= 0.3 is 0 Å². The minimum atomic E-state index is -0.249. The van der Waals surface area contributed by atoms with Crippen molar-refractivity contribution in [2.45, 2.75) is 32.8 Å². The second kappa shape index (κ2) is 10.3. The SMILES string of the molecule is COc1ccc(C(=O)Nc2ccc(OC)c(OC)c2)cc1COc1ccccc1C(C)(C)C. The predicted octanol–water partition coefficient (Wildman–Crippen LogP) is 5.84. The molecule has 0 saturated carbocycles. The molecule has 6 heteroatoms. The number of hydrogen-bond donors (Lipinski definition) is 1.